The normalized spacial score (nSPS) is 12.3. The second-order valence-electron chi connectivity index (χ2n) is 5.29. The molecule has 0 fully saturated rings. The molecule has 0 aliphatic rings. The minimum absolute atomic E-state index is 0.215. The molecule has 0 heterocycles. The van der Waals surface area contributed by atoms with Crippen molar-refractivity contribution in [2.45, 2.75) is 32.2 Å². The highest BCUT2D eigenvalue weighted by atomic mass is 32.2. The summed E-state index contributed by atoms with van der Waals surface area (Å²) in [5.41, 5.74) is -5.75. The molecule has 0 saturated carbocycles. The average molecular weight is 353 g/mol. The van der Waals surface area contributed by atoms with Crippen LogP contribution in [-0.2, 0) is 10.0 Å². The number of carbonyl (C=O) groups is 1. The van der Waals surface area contributed by atoms with Crippen LogP contribution in [0.3, 0.4) is 0 Å². The van der Waals surface area contributed by atoms with Gasteiger partial charge in [0.05, 0.1) is 6.61 Å². The third kappa shape index (κ3) is 6.09. The number of hydrogen-bond donors (Lipinski definition) is 1. The number of amides is 1. The molecule has 0 aliphatic carbocycles. The summed E-state index contributed by atoms with van der Waals surface area (Å²) in [6.45, 7) is 4.65. The molecular formula is C14H18F3NO4S. The predicted molar refractivity (Wildman–Crippen MR) is 78.5 cm³/mol. The molecule has 0 atom stereocenters. The van der Waals surface area contributed by atoms with Crippen LogP contribution in [0.1, 0.15) is 37.0 Å². The molecule has 0 radical (unpaired) electrons. The third-order valence-corrected chi connectivity index (χ3v) is 3.91. The number of benzene rings is 1. The molecule has 0 bridgehead atoms. The van der Waals surface area contributed by atoms with Gasteiger partial charge in [-0.05, 0) is 43.0 Å². The Labute approximate surface area is 132 Å². The first-order valence-corrected chi connectivity index (χ1v) is 8.37. The Hall–Kier alpha value is -1.77. The zero-order chi connectivity index (χ0) is 17.7. The zero-order valence-corrected chi connectivity index (χ0v) is 13.5. The van der Waals surface area contributed by atoms with Crippen LogP contribution in [0.25, 0.3) is 0 Å². The van der Waals surface area contributed by atoms with Gasteiger partial charge in [-0.2, -0.15) is 21.6 Å². The standard InChI is InChI=1S/C14H18F3NO4S/c1-10(2)4-3-9-22-12-7-5-11(6-8-12)13(19)18-23(20,21)14(15,16)17/h5-8,10H,3-4,9H2,1-2H3,(H,18,19). The molecule has 0 saturated heterocycles. The number of sulfonamides is 1. The number of carbonyl (C=O) groups excluding carboxylic acids is 1. The average Bonchev–Trinajstić information content (AvgIpc) is 2.42. The van der Waals surface area contributed by atoms with E-state index in [0.717, 1.165) is 17.6 Å². The third-order valence-electron chi connectivity index (χ3n) is 2.84. The van der Waals surface area contributed by atoms with Crippen LogP contribution in [0.2, 0.25) is 0 Å². The van der Waals surface area contributed by atoms with E-state index in [2.05, 4.69) is 13.8 Å². The fraction of sp³-hybridized carbons (Fsp3) is 0.500. The van der Waals surface area contributed by atoms with Crippen molar-refractivity contribution in [1.82, 2.24) is 4.72 Å². The van der Waals surface area contributed by atoms with E-state index in [1.165, 1.54) is 24.3 Å². The van der Waals surface area contributed by atoms with Crippen molar-refractivity contribution in [2.75, 3.05) is 6.61 Å². The summed E-state index contributed by atoms with van der Waals surface area (Å²) < 4.78 is 64.6. The lowest BCUT2D eigenvalue weighted by Crippen LogP contribution is -2.40. The zero-order valence-electron chi connectivity index (χ0n) is 12.7. The number of ether oxygens (including phenoxy) is 1. The van der Waals surface area contributed by atoms with Crippen LogP contribution in [0, 0.1) is 5.92 Å². The van der Waals surface area contributed by atoms with E-state index in [4.69, 9.17) is 4.74 Å². The molecule has 0 spiro atoms. The number of hydrogen-bond acceptors (Lipinski definition) is 4. The summed E-state index contributed by atoms with van der Waals surface area (Å²) in [5.74, 6) is -0.349. The first kappa shape index (κ1) is 19.3. The molecule has 1 aromatic carbocycles. The summed E-state index contributed by atoms with van der Waals surface area (Å²) in [7, 11) is -5.71. The first-order valence-electron chi connectivity index (χ1n) is 6.89. The van der Waals surface area contributed by atoms with E-state index in [9.17, 15) is 26.4 Å². The van der Waals surface area contributed by atoms with Crippen LogP contribution in [0.15, 0.2) is 24.3 Å². The minimum Gasteiger partial charge on any atom is -0.494 e. The van der Waals surface area contributed by atoms with Crippen LogP contribution >= 0.6 is 0 Å². The highest BCUT2D eigenvalue weighted by molar-refractivity contribution is 7.90. The molecule has 1 aromatic rings. The lowest BCUT2D eigenvalue weighted by Gasteiger charge is -2.10. The summed E-state index contributed by atoms with van der Waals surface area (Å²) in [6, 6.07) is 5.17. The summed E-state index contributed by atoms with van der Waals surface area (Å²) in [4.78, 5) is 11.5. The molecule has 1 amide bonds. The highest BCUT2D eigenvalue weighted by Gasteiger charge is 2.47. The molecule has 5 nitrogen and oxygen atoms in total. The predicted octanol–water partition coefficient (Wildman–Crippen LogP) is 3.08. The second-order valence-corrected chi connectivity index (χ2v) is 6.96. The van der Waals surface area contributed by atoms with E-state index in [1.54, 1.807) is 0 Å². The largest absolute Gasteiger partial charge is 0.516 e. The monoisotopic (exact) mass is 353 g/mol. The lowest BCUT2D eigenvalue weighted by molar-refractivity contribution is -0.0446. The Balaban J connectivity index is 2.61. The van der Waals surface area contributed by atoms with Crippen molar-refractivity contribution >= 4 is 15.9 Å². The van der Waals surface area contributed by atoms with Gasteiger partial charge in [-0.25, -0.2) is 4.72 Å². The maximum absolute atomic E-state index is 12.2. The van der Waals surface area contributed by atoms with Gasteiger partial charge in [0.25, 0.3) is 5.91 Å². The number of nitrogens with one attached hydrogen (secondary N) is 1. The van der Waals surface area contributed by atoms with Gasteiger partial charge in [-0.1, -0.05) is 13.8 Å². The minimum atomic E-state index is -5.71. The maximum atomic E-state index is 12.2. The van der Waals surface area contributed by atoms with Crippen LogP contribution in [0.5, 0.6) is 5.75 Å². The SMILES string of the molecule is CC(C)CCCOc1ccc(C(=O)NS(=O)(=O)C(F)(F)F)cc1. The maximum Gasteiger partial charge on any atom is 0.516 e. The fourth-order valence-electron chi connectivity index (χ4n) is 1.62. The smallest absolute Gasteiger partial charge is 0.494 e. The van der Waals surface area contributed by atoms with Crippen molar-refractivity contribution in [3.05, 3.63) is 29.8 Å². The molecule has 9 heteroatoms. The molecule has 0 aromatic heterocycles. The van der Waals surface area contributed by atoms with Gasteiger partial charge in [-0.15, -0.1) is 0 Å². The Bertz CT molecular complexity index is 624. The highest BCUT2D eigenvalue weighted by Crippen LogP contribution is 2.22. The first-order chi connectivity index (χ1) is 10.5. The Morgan fingerprint density at radius 1 is 1.22 bits per heavy atom. The molecule has 1 N–H and O–H groups in total. The van der Waals surface area contributed by atoms with Crippen LogP contribution < -0.4 is 9.46 Å². The van der Waals surface area contributed by atoms with E-state index in [1.807, 2.05) is 0 Å². The van der Waals surface area contributed by atoms with Gasteiger partial charge in [0.2, 0.25) is 0 Å². The van der Waals surface area contributed by atoms with E-state index < -0.39 is 21.4 Å². The van der Waals surface area contributed by atoms with E-state index in [0.29, 0.717) is 18.3 Å². The molecule has 0 aliphatic heterocycles. The van der Waals surface area contributed by atoms with Gasteiger partial charge < -0.3 is 4.74 Å². The van der Waals surface area contributed by atoms with Crippen LogP contribution in [0.4, 0.5) is 13.2 Å². The summed E-state index contributed by atoms with van der Waals surface area (Å²) in [5, 5.41) is 0. The number of halogens is 3. The molecule has 0 unspecified atom stereocenters. The van der Waals surface area contributed by atoms with Gasteiger partial charge in [0, 0.05) is 5.56 Å². The topological polar surface area (TPSA) is 72.5 Å². The fourth-order valence-corrected chi connectivity index (χ4v) is 2.10. The van der Waals surface area contributed by atoms with Gasteiger partial charge in [0.1, 0.15) is 5.75 Å². The van der Waals surface area contributed by atoms with Gasteiger partial charge >= 0.3 is 15.5 Å². The van der Waals surface area contributed by atoms with Crippen molar-refractivity contribution < 1.29 is 31.1 Å². The van der Waals surface area contributed by atoms with E-state index >= 15 is 0 Å². The Morgan fingerprint density at radius 3 is 2.26 bits per heavy atom. The second kappa shape index (κ2) is 7.67. The number of alkyl halides is 3. The Kier molecular flexibility index (Phi) is 6.43. The van der Waals surface area contributed by atoms with Gasteiger partial charge in [-0.3, -0.25) is 4.79 Å². The van der Waals surface area contributed by atoms with Crippen molar-refractivity contribution in [2.24, 2.45) is 5.92 Å². The lowest BCUT2D eigenvalue weighted by atomic mass is 10.1. The van der Waals surface area contributed by atoms with E-state index in [-0.39, 0.29) is 5.56 Å². The van der Waals surface area contributed by atoms with Crippen molar-refractivity contribution in [1.29, 1.82) is 0 Å². The summed E-state index contributed by atoms with van der Waals surface area (Å²) >= 11 is 0. The number of rotatable bonds is 7. The van der Waals surface area contributed by atoms with Crippen molar-refractivity contribution in [3.63, 3.8) is 0 Å². The quantitative estimate of drug-likeness (QED) is 0.765. The Morgan fingerprint density at radius 2 is 1.78 bits per heavy atom. The molecular weight excluding hydrogens is 335 g/mol. The molecule has 23 heavy (non-hydrogen) atoms. The summed E-state index contributed by atoms with van der Waals surface area (Å²) in [6.07, 6.45) is 1.85. The van der Waals surface area contributed by atoms with Crippen LogP contribution in [-0.4, -0.2) is 26.4 Å². The van der Waals surface area contributed by atoms with Gasteiger partial charge in [0.15, 0.2) is 0 Å². The molecule has 130 valence electrons. The molecule has 1 rings (SSSR count). The van der Waals surface area contributed by atoms with Crippen molar-refractivity contribution in [3.8, 4) is 5.75 Å².